The van der Waals surface area contributed by atoms with Crippen LogP contribution in [-0.4, -0.2) is 42.2 Å². The van der Waals surface area contributed by atoms with Gasteiger partial charge in [0.05, 0.1) is 13.2 Å². The van der Waals surface area contributed by atoms with Crippen molar-refractivity contribution >= 4 is 27.9 Å². The Morgan fingerprint density at radius 2 is 2.26 bits per heavy atom. The van der Waals surface area contributed by atoms with Crippen molar-refractivity contribution in [3.8, 4) is 5.75 Å². The van der Waals surface area contributed by atoms with Gasteiger partial charge in [-0.05, 0) is 37.5 Å². The lowest BCUT2D eigenvalue weighted by Crippen LogP contribution is -2.40. The van der Waals surface area contributed by atoms with Crippen molar-refractivity contribution in [2.45, 2.75) is 31.7 Å². The van der Waals surface area contributed by atoms with Gasteiger partial charge in [-0.15, -0.1) is 0 Å². The van der Waals surface area contributed by atoms with E-state index in [0.29, 0.717) is 19.5 Å². The average Bonchev–Trinajstić information content (AvgIpc) is 3.00. The molecule has 0 aliphatic carbocycles. The smallest absolute Gasteiger partial charge is 0.317 e. The van der Waals surface area contributed by atoms with Crippen LogP contribution in [-0.2, 0) is 4.79 Å². The molecule has 6 nitrogen and oxygen atoms in total. The van der Waals surface area contributed by atoms with Crippen LogP contribution in [0.2, 0.25) is 0 Å². The summed E-state index contributed by atoms with van der Waals surface area (Å²) in [4.78, 5) is 24.7. The van der Waals surface area contributed by atoms with E-state index in [-0.39, 0.29) is 18.5 Å². The Kier molecular flexibility index (Phi) is 6.27. The number of carboxylic acids is 1. The first-order chi connectivity index (χ1) is 11.0. The third kappa shape index (κ3) is 4.60. The molecule has 1 aliphatic rings. The van der Waals surface area contributed by atoms with Gasteiger partial charge >= 0.3 is 12.0 Å². The summed E-state index contributed by atoms with van der Waals surface area (Å²) in [5.74, 6) is -0.0825. The van der Waals surface area contributed by atoms with Crippen LogP contribution in [0.1, 0.15) is 37.3 Å². The van der Waals surface area contributed by atoms with Crippen molar-refractivity contribution < 1.29 is 19.4 Å². The zero-order valence-corrected chi connectivity index (χ0v) is 14.6. The fourth-order valence-electron chi connectivity index (χ4n) is 2.84. The van der Waals surface area contributed by atoms with Crippen LogP contribution in [0.4, 0.5) is 4.79 Å². The SMILES string of the molecule is COc1ccc(Br)cc1C1CCCN1C(=O)NCCCC(=O)O. The molecule has 1 fully saturated rings. The number of nitrogens with one attached hydrogen (secondary N) is 1. The molecule has 1 aromatic rings. The molecule has 0 bridgehead atoms. The molecule has 1 saturated heterocycles. The number of rotatable bonds is 6. The number of ether oxygens (including phenoxy) is 1. The first-order valence-corrected chi connectivity index (χ1v) is 8.42. The number of aliphatic carboxylic acids is 1. The Labute approximate surface area is 143 Å². The third-order valence-electron chi connectivity index (χ3n) is 3.91. The van der Waals surface area contributed by atoms with Gasteiger partial charge in [0.15, 0.2) is 0 Å². The number of halogens is 1. The van der Waals surface area contributed by atoms with Gasteiger partial charge in [0.1, 0.15) is 5.75 Å². The largest absolute Gasteiger partial charge is 0.496 e. The molecule has 0 saturated carbocycles. The second kappa shape index (κ2) is 8.19. The molecule has 126 valence electrons. The maximum atomic E-state index is 12.4. The molecule has 1 heterocycles. The van der Waals surface area contributed by atoms with E-state index in [9.17, 15) is 9.59 Å². The van der Waals surface area contributed by atoms with Gasteiger partial charge in [0.25, 0.3) is 0 Å². The minimum atomic E-state index is -0.850. The second-order valence-electron chi connectivity index (χ2n) is 5.47. The first-order valence-electron chi connectivity index (χ1n) is 7.62. The number of hydrogen-bond acceptors (Lipinski definition) is 3. The lowest BCUT2D eigenvalue weighted by atomic mass is 10.0. The number of methoxy groups -OCH3 is 1. The number of urea groups is 1. The lowest BCUT2D eigenvalue weighted by molar-refractivity contribution is -0.137. The van der Waals surface area contributed by atoms with Crippen molar-refractivity contribution in [1.29, 1.82) is 0 Å². The number of carboxylic acid groups (broad SMARTS) is 1. The summed E-state index contributed by atoms with van der Waals surface area (Å²) < 4.78 is 6.37. The molecule has 1 unspecified atom stereocenters. The lowest BCUT2D eigenvalue weighted by Gasteiger charge is -2.26. The summed E-state index contributed by atoms with van der Waals surface area (Å²) in [6, 6.07) is 5.61. The van der Waals surface area contributed by atoms with Crippen molar-refractivity contribution in [3.63, 3.8) is 0 Å². The number of carbonyl (C=O) groups excluding carboxylic acids is 1. The van der Waals surface area contributed by atoms with Gasteiger partial charge < -0.3 is 20.1 Å². The number of likely N-dealkylation sites (tertiary alicyclic amines) is 1. The van der Waals surface area contributed by atoms with E-state index in [4.69, 9.17) is 9.84 Å². The highest BCUT2D eigenvalue weighted by atomic mass is 79.9. The summed E-state index contributed by atoms with van der Waals surface area (Å²) in [6.45, 7) is 1.05. The average molecular weight is 385 g/mol. The highest BCUT2D eigenvalue weighted by Crippen LogP contribution is 2.38. The van der Waals surface area contributed by atoms with Crippen molar-refractivity contribution in [2.24, 2.45) is 0 Å². The third-order valence-corrected chi connectivity index (χ3v) is 4.40. The molecule has 0 spiro atoms. The summed E-state index contributed by atoms with van der Waals surface area (Å²) >= 11 is 3.46. The first kappa shape index (κ1) is 17.6. The van der Waals surface area contributed by atoms with Gasteiger partial charge in [-0.2, -0.15) is 0 Å². The monoisotopic (exact) mass is 384 g/mol. The number of hydrogen-bond donors (Lipinski definition) is 2. The summed E-state index contributed by atoms with van der Waals surface area (Å²) in [5, 5.41) is 11.4. The van der Waals surface area contributed by atoms with Crippen LogP contribution >= 0.6 is 15.9 Å². The zero-order valence-electron chi connectivity index (χ0n) is 13.0. The quantitative estimate of drug-likeness (QED) is 0.738. The van der Waals surface area contributed by atoms with Crippen molar-refractivity contribution in [2.75, 3.05) is 20.2 Å². The summed E-state index contributed by atoms with van der Waals surface area (Å²) in [7, 11) is 1.62. The topological polar surface area (TPSA) is 78.9 Å². The predicted octanol–water partition coefficient (Wildman–Crippen LogP) is 3.17. The maximum Gasteiger partial charge on any atom is 0.317 e. The van der Waals surface area contributed by atoms with Crippen molar-refractivity contribution in [3.05, 3.63) is 28.2 Å². The molecule has 2 amide bonds. The van der Waals surface area contributed by atoms with E-state index in [1.165, 1.54) is 0 Å². The van der Waals surface area contributed by atoms with Crippen molar-refractivity contribution in [1.82, 2.24) is 10.2 Å². The highest BCUT2D eigenvalue weighted by molar-refractivity contribution is 9.10. The van der Waals surface area contributed by atoms with Crippen LogP contribution in [0.5, 0.6) is 5.75 Å². The van der Waals surface area contributed by atoms with E-state index in [0.717, 1.165) is 28.6 Å². The minimum absolute atomic E-state index is 0.0260. The van der Waals surface area contributed by atoms with E-state index >= 15 is 0 Å². The summed E-state index contributed by atoms with van der Waals surface area (Å²) in [5.41, 5.74) is 0.986. The normalized spacial score (nSPS) is 17.1. The van der Waals surface area contributed by atoms with E-state index in [1.807, 2.05) is 18.2 Å². The number of nitrogens with zero attached hydrogens (tertiary/aromatic N) is 1. The zero-order chi connectivity index (χ0) is 16.8. The number of amides is 2. The Balaban J connectivity index is 2.03. The Bertz CT molecular complexity index is 579. The van der Waals surface area contributed by atoms with E-state index in [1.54, 1.807) is 12.0 Å². The molecule has 23 heavy (non-hydrogen) atoms. The molecule has 1 aliphatic heterocycles. The molecule has 2 N–H and O–H groups in total. The molecular weight excluding hydrogens is 364 g/mol. The Morgan fingerprint density at radius 1 is 1.48 bits per heavy atom. The fraction of sp³-hybridized carbons (Fsp3) is 0.500. The second-order valence-corrected chi connectivity index (χ2v) is 6.38. The molecule has 7 heteroatoms. The van der Waals surface area contributed by atoms with Crippen LogP contribution in [0.15, 0.2) is 22.7 Å². The van der Waals surface area contributed by atoms with Gasteiger partial charge in [-0.25, -0.2) is 4.79 Å². The van der Waals surface area contributed by atoms with Crippen LogP contribution in [0.25, 0.3) is 0 Å². The molecule has 1 atom stereocenters. The maximum absolute atomic E-state index is 12.4. The molecule has 2 rings (SSSR count). The molecule has 0 radical (unpaired) electrons. The molecule has 0 aromatic heterocycles. The predicted molar refractivity (Wildman–Crippen MR) is 89.6 cm³/mol. The highest BCUT2D eigenvalue weighted by Gasteiger charge is 2.31. The standard InChI is InChI=1S/C16H21BrN2O4/c1-23-14-7-6-11(17)10-12(14)13-4-3-9-19(13)16(22)18-8-2-5-15(20)21/h6-7,10,13H,2-5,8-9H2,1H3,(H,18,22)(H,20,21). The Hall–Kier alpha value is -1.76. The van der Waals surface area contributed by atoms with E-state index < -0.39 is 5.97 Å². The summed E-state index contributed by atoms with van der Waals surface area (Å²) in [6.07, 6.45) is 2.31. The number of carbonyl (C=O) groups is 2. The molecular formula is C16H21BrN2O4. The molecule has 1 aromatic carbocycles. The minimum Gasteiger partial charge on any atom is -0.496 e. The van der Waals surface area contributed by atoms with Crippen LogP contribution in [0.3, 0.4) is 0 Å². The van der Waals surface area contributed by atoms with E-state index in [2.05, 4.69) is 21.2 Å². The Morgan fingerprint density at radius 3 is 2.96 bits per heavy atom. The number of benzene rings is 1. The van der Waals surface area contributed by atoms with Gasteiger partial charge in [0.2, 0.25) is 0 Å². The van der Waals surface area contributed by atoms with Crippen LogP contribution in [0, 0.1) is 0 Å². The van der Waals surface area contributed by atoms with Crippen LogP contribution < -0.4 is 10.1 Å². The van der Waals surface area contributed by atoms with Gasteiger partial charge in [-0.1, -0.05) is 15.9 Å². The fourth-order valence-corrected chi connectivity index (χ4v) is 3.21. The van der Waals surface area contributed by atoms with Gasteiger partial charge in [0, 0.05) is 29.5 Å². The van der Waals surface area contributed by atoms with Gasteiger partial charge in [-0.3, -0.25) is 4.79 Å².